The second kappa shape index (κ2) is 5.69. The van der Waals surface area contributed by atoms with Crippen LogP contribution in [0.15, 0.2) is 48.5 Å². The van der Waals surface area contributed by atoms with Crippen molar-refractivity contribution in [2.24, 2.45) is 0 Å². The van der Waals surface area contributed by atoms with E-state index in [2.05, 4.69) is 43.4 Å². The SMILES string of the molecule is Cc1ccccc1C(C)Nc1ccc(CO)cc1. The van der Waals surface area contributed by atoms with Crippen molar-refractivity contribution in [3.05, 3.63) is 65.2 Å². The summed E-state index contributed by atoms with van der Waals surface area (Å²) in [5.41, 5.74) is 4.61. The molecule has 0 aliphatic heterocycles. The Hall–Kier alpha value is -1.80. The molecule has 94 valence electrons. The first-order chi connectivity index (χ1) is 8.70. The van der Waals surface area contributed by atoms with Crippen LogP contribution in [0.4, 0.5) is 5.69 Å². The van der Waals surface area contributed by atoms with Gasteiger partial charge in [-0.25, -0.2) is 0 Å². The van der Waals surface area contributed by atoms with Gasteiger partial charge in [-0.3, -0.25) is 0 Å². The third-order valence-electron chi connectivity index (χ3n) is 3.17. The Bertz CT molecular complexity index is 505. The Morgan fingerprint density at radius 2 is 1.72 bits per heavy atom. The van der Waals surface area contributed by atoms with Gasteiger partial charge in [0.15, 0.2) is 0 Å². The highest BCUT2D eigenvalue weighted by Gasteiger charge is 2.07. The van der Waals surface area contributed by atoms with Crippen LogP contribution in [0.5, 0.6) is 0 Å². The molecule has 18 heavy (non-hydrogen) atoms. The minimum Gasteiger partial charge on any atom is -0.392 e. The Balaban J connectivity index is 2.11. The average molecular weight is 241 g/mol. The highest BCUT2D eigenvalue weighted by Crippen LogP contribution is 2.22. The third-order valence-corrected chi connectivity index (χ3v) is 3.17. The van der Waals surface area contributed by atoms with Gasteiger partial charge in [-0.15, -0.1) is 0 Å². The molecule has 0 amide bonds. The molecule has 2 nitrogen and oxygen atoms in total. The molecule has 0 saturated carbocycles. The Labute approximate surface area is 108 Å². The van der Waals surface area contributed by atoms with Crippen molar-refractivity contribution < 1.29 is 5.11 Å². The number of nitrogens with one attached hydrogen (secondary N) is 1. The molecule has 1 atom stereocenters. The van der Waals surface area contributed by atoms with Crippen molar-refractivity contribution in [1.29, 1.82) is 0 Å². The van der Waals surface area contributed by atoms with E-state index in [4.69, 9.17) is 5.11 Å². The van der Waals surface area contributed by atoms with Gasteiger partial charge in [0.2, 0.25) is 0 Å². The van der Waals surface area contributed by atoms with Gasteiger partial charge in [0.05, 0.1) is 6.61 Å². The molecule has 0 heterocycles. The predicted molar refractivity (Wildman–Crippen MR) is 75.6 cm³/mol. The standard InChI is InChI=1S/C16H19NO/c1-12-5-3-4-6-16(12)13(2)17-15-9-7-14(11-18)8-10-15/h3-10,13,17-18H,11H2,1-2H3. The summed E-state index contributed by atoms with van der Waals surface area (Å²) in [7, 11) is 0. The van der Waals surface area contributed by atoms with Gasteiger partial charge in [-0.2, -0.15) is 0 Å². The van der Waals surface area contributed by atoms with E-state index in [9.17, 15) is 0 Å². The van der Waals surface area contributed by atoms with Crippen LogP contribution >= 0.6 is 0 Å². The molecule has 0 aromatic heterocycles. The number of anilines is 1. The lowest BCUT2D eigenvalue weighted by Crippen LogP contribution is -2.08. The van der Waals surface area contributed by atoms with Crippen LogP contribution < -0.4 is 5.32 Å². The van der Waals surface area contributed by atoms with Crippen molar-refractivity contribution in [3.8, 4) is 0 Å². The molecule has 0 aliphatic carbocycles. The Kier molecular flexibility index (Phi) is 4.00. The van der Waals surface area contributed by atoms with Crippen molar-refractivity contribution in [2.75, 3.05) is 5.32 Å². The molecular weight excluding hydrogens is 222 g/mol. The van der Waals surface area contributed by atoms with Gasteiger partial charge in [0, 0.05) is 11.7 Å². The average Bonchev–Trinajstić information content (AvgIpc) is 2.40. The van der Waals surface area contributed by atoms with Crippen LogP contribution in [0.1, 0.15) is 29.7 Å². The van der Waals surface area contributed by atoms with E-state index in [1.54, 1.807) is 0 Å². The molecule has 0 radical (unpaired) electrons. The highest BCUT2D eigenvalue weighted by atomic mass is 16.3. The summed E-state index contributed by atoms with van der Waals surface area (Å²) in [6.07, 6.45) is 0. The van der Waals surface area contributed by atoms with Gasteiger partial charge < -0.3 is 10.4 Å². The Morgan fingerprint density at radius 3 is 2.33 bits per heavy atom. The van der Waals surface area contributed by atoms with Gasteiger partial charge in [0.25, 0.3) is 0 Å². The minimum atomic E-state index is 0.0909. The fourth-order valence-electron chi connectivity index (χ4n) is 2.11. The summed E-state index contributed by atoms with van der Waals surface area (Å²) in [5.74, 6) is 0. The molecule has 0 spiro atoms. The lowest BCUT2D eigenvalue weighted by molar-refractivity contribution is 0.282. The van der Waals surface area contributed by atoms with E-state index in [1.165, 1.54) is 11.1 Å². The van der Waals surface area contributed by atoms with E-state index >= 15 is 0 Å². The number of aryl methyl sites for hydroxylation is 1. The van der Waals surface area contributed by atoms with Crippen LogP contribution in [0.2, 0.25) is 0 Å². The number of aliphatic hydroxyl groups is 1. The third kappa shape index (κ3) is 2.90. The number of rotatable bonds is 4. The lowest BCUT2D eigenvalue weighted by atomic mass is 10.0. The first-order valence-electron chi connectivity index (χ1n) is 6.22. The molecule has 0 saturated heterocycles. The normalized spacial score (nSPS) is 12.2. The summed E-state index contributed by atoms with van der Waals surface area (Å²) >= 11 is 0. The first kappa shape index (κ1) is 12.7. The molecule has 0 aliphatic rings. The predicted octanol–water partition coefficient (Wildman–Crippen LogP) is 3.66. The Morgan fingerprint density at radius 1 is 1.06 bits per heavy atom. The fourth-order valence-corrected chi connectivity index (χ4v) is 2.11. The summed E-state index contributed by atoms with van der Waals surface area (Å²) in [6.45, 7) is 4.37. The van der Waals surface area contributed by atoms with Crippen molar-refractivity contribution in [2.45, 2.75) is 26.5 Å². The molecule has 2 rings (SSSR count). The molecular formula is C16H19NO. The number of benzene rings is 2. The topological polar surface area (TPSA) is 32.3 Å². The maximum atomic E-state index is 9.00. The summed E-state index contributed by atoms with van der Waals surface area (Å²) in [6, 6.07) is 16.5. The smallest absolute Gasteiger partial charge is 0.0681 e. The lowest BCUT2D eigenvalue weighted by Gasteiger charge is -2.18. The van der Waals surface area contributed by atoms with Crippen LogP contribution in [0, 0.1) is 6.92 Å². The summed E-state index contributed by atoms with van der Waals surface area (Å²) in [5, 5.41) is 12.5. The number of hydrogen-bond donors (Lipinski definition) is 2. The van der Waals surface area contributed by atoms with Gasteiger partial charge in [0.1, 0.15) is 0 Å². The monoisotopic (exact) mass is 241 g/mol. The number of hydrogen-bond acceptors (Lipinski definition) is 2. The van der Waals surface area contributed by atoms with Crippen LogP contribution in [0.25, 0.3) is 0 Å². The van der Waals surface area contributed by atoms with E-state index < -0.39 is 0 Å². The molecule has 2 N–H and O–H groups in total. The van der Waals surface area contributed by atoms with Gasteiger partial charge in [-0.1, -0.05) is 36.4 Å². The number of aliphatic hydroxyl groups excluding tert-OH is 1. The highest BCUT2D eigenvalue weighted by molar-refractivity contribution is 5.47. The zero-order valence-electron chi connectivity index (χ0n) is 10.9. The fraction of sp³-hybridized carbons (Fsp3) is 0.250. The molecule has 0 bridgehead atoms. The zero-order chi connectivity index (χ0) is 13.0. The second-order valence-electron chi connectivity index (χ2n) is 4.58. The maximum absolute atomic E-state index is 9.00. The zero-order valence-corrected chi connectivity index (χ0v) is 10.9. The van der Waals surface area contributed by atoms with Crippen LogP contribution in [-0.2, 0) is 6.61 Å². The molecule has 0 fully saturated rings. The minimum absolute atomic E-state index is 0.0909. The largest absolute Gasteiger partial charge is 0.392 e. The maximum Gasteiger partial charge on any atom is 0.0681 e. The molecule has 2 aromatic carbocycles. The molecule has 2 heteroatoms. The molecule has 2 aromatic rings. The van der Waals surface area contributed by atoms with Gasteiger partial charge in [-0.05, 0) is 42.7 Å². The molecule has 1 unspecified atom stereocenters. The van der Waals surface area contributed by atoms with E-state index in [1.807, 2.05) is 24.3 Å². The quantitative estimate of drug-likeness (QED) is 0.856. The van der Waals surface area contributed by atoms with Crippen molar-refractivity contribution >= 4 is 5.69 Å². The van der Waals surface area contributed by atoms with Crippen LogP contribution in [0.3, 0.4) is 0 Å². The first-order valence-corrected chi connectivity index (χ1v) is 6.22. The van der Waals surface area contributed by atoms with E-state index in [0.717, 1.165) is 11.3 Å². The van der Waals surface area contributed by atoms with Crippen molar-refractivity contribution in [1.82, 2.24) is 0 Å². The van der Waals surface area contributed by atoms with E-state index in [-0.39, 0.29) is 12.6 Å². The summed E-state index contributed by atoms with van der Waals surface area (Å²) < 4.78 is 0. The van der Waals surface area contributed by atoms with Crippen molar-refractivity contribution in [3.63, 3.8) is 0 Å². The van der Waals surface area contributed by atoms with Gasteiger partial charge >= 0.3 is 0 Å². The second-order valence-corrected chi connectivity index (χ2v) is 4.58. The summed E-state index contributed by atoms with van der Waals surface area (Å²) in [4.78, 5) is 0. The van der Waals surface area contributed by atoms with Crippen LogP contribution in [-0.4, -0.2) is 5.11 Å². The van der Waals surface area contributed by atoms with E-state index in [0.29, 0.717) is 0 Å².